The fraction of sp³-hybridized carbons (Fsp3) is 0.423. The molecule has 1 saturated heterocycles. The highest BCUT2D eigenvalue weighted by molar-refractivity contribution is 6.30. The third kappa shape index (κ3) is 4.14. The summed E-state index contributed by atoms with van der Waals surface area (Å²) in [5.74, 6) is -3.06. The minimum atomic E-state index is -1.97. The van der Waals surface area contributed by atoms with Crippen LogP contribution in [0.25, 0.3) is 0 Å². The van der Waals surface area contributed by atoms with Crippen LogP contribution < -0.4 is 5.73 Å². The van der Waals surface area contributed by atoms with Crippen LogP contribution in [0.1, 0.15) is 75.8 Å². The number of hydrogen-bond donors (Lipinski definition) is 5. The van der Waals surface area contributed by atoms with E-state index in [0.29, 0.717) is 0 Å². The number of ether oxygens (including phenoxy) is 2. The fourth-order valence-electron chi connectivity index (χ4n) is 5.42. The lowest BCUT2D eigenvalue weighted by Gasteiger charge is -2.42. The summed E-state index contributed by atoms with van der Waals surface area (Å²) in [6.45, 7) is 2.80. The molecular weight excluding hydrogens is 506 g/mol. The van der Waals surface area contributed by atoms with E-state index in [2.05, 4.69) is 0 Å². The first-order chi connectivity index (χ1) is 16.9. The summed E-state index contributed by atoms with van der Waals surface area (Å²) in [6.07, 6.45) is -4.38. The maximum Gasteiger partial charge on any atom is 0.198 e. The number of halogens is 1. The average molecular weight is 534 g/mol. The molecule has 2 aromatic carbocycles. The molecule has 2 aromatic rings. The van der Waals surface area contributed by atoms with Gasteiger partial charge in [0, 0.05) is 47.6 Å². The molecule has 1 heterocycles. The number of nitrogens with two attached hydrogens (primary N) is 1. The second-order valence-electron chi connectivity index (χ2n) is 9.80. The molecule has 0 spiro atoms. The highest BCUT2D eigenvalue weighted by atomic mass is 35.5. The number of hydrogen-bond acceptors (Lipinski definition) is 10. The van der Waals surface area contributed by atoms with Gasteiger partial charge in [-0.25, -0.2) is 0 Å². The molecule has 6 N–H and O–H groups in total. The van der Waals surface area contributed by atoms with Gasteiger partial charge in [0.2, 0.25) is 0 Å². The van der Waals surface area contributed by atoms with Gasteiger partial charge in [-0.3, -0.25) is 14.4 Å². The molecule has 0 aromatic heterocycles. The highest BCUT2D eigenvalue weighted by Crippen LogP contribution is 2.51. The molecule has 0 saturated carbocycles. The molecule has 3 aliphatic rings. The van der Waals surface area contributed by atoms with Gasteiger partial charge in [0.1, 0.15) is 17.1 Å². The van der Waals surface area contributed by atoms with Gasteiger partial charge in [-0.15, -0.1) is 12.4 Å². The Labute approximate surface area is 218 Å². The number of aliphatic hydroxyl groups is 2. The van der Waals surface area contributed by atoms with Crippen LogP contribution in [-0.4, -0.2) is 67.9 Å². The summed E-state index contributed by atoms with van der Waals surface area (Å²) >= 11 is 0. The van der Waals surface area contributed by atoms with Crippen molar-refractivity contribution in [2.75, 3.05) is 0 Å². The normalized spacial score (nSPS) is 30.6. The predicted molar refractivity (Wildman–Crippen MR) is 131 cm³/mol. The number of carbonyl (C=O) groups excluding carboxylic acids is 3. The van der Waals surface area contributed by atoms with E-state index < -0.39 is 71.5 Å². The number of fused-ring (bicyclic) bond motifs is 3. The van der Waals surface area contributed by atoms with Crippen molar-refractivity contribution < 1.29 is 44.3 Å². The van der Waals surface area contributed by atoms with Crippen molar-refractivity contribution in [3.05, 3.63) is 57.6 Å². The molecule has 1 aliphatic heterocycles. The number of benzene rings is 2. The number of ketones is 3. The third-order valence-corrected chi connectivity index (χ3v) is 7.50. The molecule has 10 nitrogen and oxygen atoms in total. The lowest BCUT2D eigenvalue weighted by molar-refractivity contribution is -0.247. The van der Waals surface area contributed by atoms with Crippen molar-refractivity contribution in [1.29, 1.82) is 0 Å². The van der Waals surface area contributed by atoms with Crippen LogP contribution in [0.3, 0.4) is 0 Å². The maximum absolute atomic E-state index is 13.3. The van der Waals surface area contributed by atoms with E-state index in [9.17, 15) is 34.8 Å². The van der Waals surface area contributed by atoms with Crippen LogP contribution >= 0.6 is 12.4 Å². The summed E-state index contributed by atoms with van der Waals surface area (Å²) in [5, 5.41) is 43.8. The quantitative estimate of drug-likeness (QED) is 0.309. The van der Waals surface area contributed by atoms with Gasteiger partial charge in [-0.05, 0) is 13.8 Å². The molecule has 11 heteroatoms. The third-order valence-electron chi connectivity index (χ3n) is 7.50. The molecule has 0 amide bonds. The zero-order chi connectivity index (χ0) is 26.1. The van der Waals surface area contributed by atoms with E-state index in [1.807, 2.05) is 0 Å². The van der Waals surface area contributed by atoms with Crippen LogP contribution in [0.2, 0.25) is 0 Å². The molecule has 5 rings (SSSR count). The molecule has 6 atom stereocenters. The summed E-state index contributed by atoms with van der Waals surface area (Å²) in [4.78, 5) is 39.0. The fourth-order valence-corrected chi connectivity index (χ4v) is 5.42. The topological polar surface area (TPSA) is 177 Å². The maximum atomic E-state index is 13.3. The number of rotatable bonds is 3. The highest BCUT2D eigenvalue weighted by Gasteiger charge is 2.49. The lowest BCUT2D eigenvalue weighted by atomic mass is 9.72. The average Bonchev–Trinajstić information content (AvgIpc) is 2.82. The largest absolute Gasteiger partial charge is 0.507 e. The van der Waals surface area contributed by atoms with E-state index in [0.717, 1.165) is 0 Å². The Balaban J connectivity index is 0.00000320. The van der Waals surface area contributed by atoms with E-state index in [4.69, 9.17) is 15.2 Å². The Bertz CT molecular complexity index is 1300. The standard InChI is InChI=1S/C26H27NO9.ClH/c1-10-21(29)15(27)7-17(35-10)36-16-9-26(34,11(2)28)8-14-18(16)25(33)20-19(24(14)32)22(30)12-5-3-4-6-13(12)23(20)31;/h3-6,10,15-17,21,29,32-34H,7-9,27H2,1-2H3;1H/t10?,15-,16+,17+,21-,26+;/m1./s1. The molecule has 37 heavy (non-hydrogen) atoms. The summed E-state index contributed by atoms with van der Waals surface area (Å²) < 4.78 is 11.8. The number of carbonyl (C=O) groups is 3. The zero-order valence-electron chi connectivity index (χ0n) is 20.1. The van der Waals surface area contributed by atoms with Crippen LogP contribution in [0.15, 0.2) is 24.3 Å². The predicted octanol–water partition coefficient (Wildman–Crippen LogP) is 1.44. The van der Waals surface area contributed by atoms with Gasteiger partial charge in [0.15, 0.2) is 23.6 Å². The molecule has 1 fully saturated rings. The molecule has 2 aliphatic carbocycles. The number of aromatic hydroxyl groups is 2. The summed E-state index contributed by atoms with van der Waals surface area (Å²) in [5.41, 5.74) is 3.38. The lowest BCUT2D eigenvalue weighted by Crippen LogP contribution is -2.52. The minimum Gasteiger partial charge on any atom is -0.507 e. The van der Waals surface area contributed by atoms with Crippen molar-refractivity contribution in [3.8, 4) is 11.5 Å². The molecular formula is C26H28ClNO9. The van der Waals surface area contributed by atoms with Crippen LogP contribution in [0.4, 0.5) is 0 Å². The Morgan fingerprint density at radius 1 is 1.11 bits per heavy atom. The molecule has 198 valence electrons. The number of phenols is 2. The van der Waals surface area contributed by atoms with Crippen LogP contribution in [-0.2, 0) is 20.7 Å². The van der Waals surface area contributed by atoms with Gasteiger partial charge >= 0.3 is 0 Å². The summed E-state index contributed by atoms with van der Waals surface area (Å²) in [6, 6.07) is 5.40. The first kappa shape index (κ1) is 27.2. The first-order valence-corrected chi connectivity index (χ1v) is 11.7. The van der Waals surface area contributed by atoms with Crippen molar-refractivity contribution in [1.82, 2.24) is 0 Å². The molecule has 0 bridgehead atoms. The first-order valence-electron chi connectivity index (χ1n) is 11.7. The van der Waals surface area contributed by atoms with Gasteiger partial charge in [0.25, 0.3) is 0 Å². The number of phenolic OH excluding ortho intramolecular Hbond substituents is 2. The monoisotopic (exact) mass is 533 g/mol. The van der Waals surface area contributed by atoms with E-state index in [1.54, 1.807) is 19.1 Å². The van der Waals surface area contributed by atoms with Gasteiger partial charge in [-0.1, -0.05) is 24.3 Å². The van der Waals surface area contributed by atoms with Crippen LogP contribution in [0, 0.1) is 0 Å². The van der Waals surface area contributed by atoms with Crippen molar-refractivity contribution in [2.24, 2.45) is 5.73 Å². The Morgan fingerprint density at radius 2 is 1.68 bits per heavy atom. The molecule has 1 unspecified atom stereocenters. The second kappa shape index (κ2) is 9.46. The van der Waals surface area contributed by atoms with Gasteiger partial charge in [0.05, 0.1) is 29.4 Å². The Morgan fingerprint density at radius 3 is 2.22 bits per heavy atom. The van der Waals surface area contributed by atoms with Crippen molar-refractivity contribution >= 4 is 29.8 Å². The van der Waals surface area contributed by atoms with Crippen molar-refractivity contribution in [2.45, 2.75) is 69.4 Å². The van der Waals surface area contributed by atoms with E-state index >= 15 is 0 Å². The summed E-state index contributed by atoms with van der Waals surface area (Å²) in [7, 11) is 0. The van der Waals surface area contributed by atoms with Gasteiger partial charge < -0.3 is 35.6 Å². The zero-order valence-corrected chi connectivity index (χ0v) is 20.9. The van der Waals surface area contributed by atoms with Gasteiger partial charge in [-0.2, -0.15) is 0 Å². The minimum absolute atomic E-state index is 0. The van der Waals surface area contributed by atoms with Crippen molar-refractivity contribution in [3.63, 3.8) is 0 Å². The SMILES string of the molecule is CC(=O)[C@]1(O)Cc2c(O)c3c(c(O)c2[C@@H](O[C@H]2C[C@@H](N)[C@H](O)C(C)O2)C1)C(=O)c1ccccc1C3=O.Cl. The van der Waals surface area contributed by atoms with Crippen LogP contribution in [0.5, 0.6) is 11.5 Å². The van der Waals surface area contributed by atoms with E-state index in [1.165, 1.54) is 19.1 Å². The smallest absolute Gasteiger partial charge is 0.198 e. The second-order valence-corrected chi connectivity index (χ2v) is 9.80. The number of Topliss-reactive ketones (excluding diaryl/α,β-unsaturated/α-hetero) is 1. The Kier molecular flexibility index (Phi) is 6.95. The molecule has 0 radical (unpaired) electrons. The number of aliphatic hydroxyl groups excluding tert-OH is 1. The Hall–Kier alpha value is -2.86. The van der Waals surface area contributed by atoms with E-state index in [-0.39, 0.29) is 58.6 Å².